The van der Waals surface area contributed by atoms with Gasteiger partial charge in [0.2, 0.25) is 10.0 Å². The maximum atomic E-state index is 12.1. The second-order valence-electron chi connectivity index (χ2n) is 8.12. The van der Waals surface area contributed by atoms with E-state index in [2.05, 4.69) is 47.3 Å². The molecule has 6 nitrogen and oxygen atoms in total. The zero-order chi connectivity index (χ0) is 19.2. The number of hydrogen-bond acceptors (Lipinski definition) is 4. The maximum Gasteiger partial charge on any atom is 0.211 e. The molecular formula is C20H28N4O2S. The zero-order valence-corrected chi connectivity index (χ0v) is 17.1. The summed E-state index contributed by atoms with van der Waals surface area (Å²) in [6.07, 6.45) is 3.53. The first-order valence-corrected chi connectivity index (χ1v) is 11.5. The molecule has 0 saturated carbocycles. The molecule has 146 valence electrons. The highest BCUT2D eigenvalue weighted by molar-refractivity contribution is 7.88. The molecule has 3 fully saturated rings. The number of rotatable bonds is 4. The third kappa shape index (κ3) is 3.95. The second-order valence-corrected chi connectivity index (χ2v) is 10.1. The van der Waals surface area contributed by atoms with E-state index in [0.29, 0.717) is 25.0 Å². The lowest BCUT2D eigenvalue weighted by molar-refractivity contribution is 0.125. The Bertz CT molecular complexity index is 937. The van der Waals surface area contributed by atoms with Gasteiger partial charge in [-0.2, -0.15) is 5.10 Å². The van der Waals surface area contributed by atoms with Gasteiger partial charge in [-0.15, -0.1) is 0 Å². The molecule has 0 unspecified atom stereocenters. The van der Waals surface area contributed by atoms with E-state index in [1.165, 1.54) is 11.8 Å². The summed E-state index contributed by atoms with van der Waals surface area (Å²) in [6, 6.07) is 10.9. The van der Waals surface area contributed by atoms with Crippen LogP contribution in [0.15, 0.2) is 30.3 Å². The van der Waals surface area contributed by atoms with E-state index in [9.17, 15) is 8.42 Å². The zero-order valence-electron chi connectivity index (χ0n) is 16.3. The summed E-state index contributed by atoms with van der Waals surface area (Å²) in [5, 5.41) is 4.59. The molecule has 7 heteroatoms. The minimum Gasteiger partial charge on any atom is -0.294 e. The number of aromatic nitrogens is 2. The van der Waals surface area contributed by atoms with Crippen molar-refractivity contribution in [2.45, 2.75) is 39.3 Å². The van der Waals surface area contributed by atoms with Crippen LogP contribution in [-0.2, 0) is 16.6 Å². The van der Waals surface area contributed by atoms with E-state index in [0.717, 1.165) is 43.0 Å². The molecule has 3 aliphatic heterocycles. The van der Waals surface area contributed by atoms with Crippen molar-refractivity contribution < 1.29 is 8.42 Å². The van der Waals surface area contributed by atoms with Gasteiger partial charge >= 0.3 is 0 Å². The Kier molecular flexibility index (Phi) is 4.86. The van der Waals surface area contributed by atoms with Crippen molar-refractivity contribution in [2.24, 2.45) is 5.92 Å². The van der Waals surface area contributed by atoms with Crippen molar-refractivity contribution in [3.05, 3.63) is 47.3 Å². The molecule has 3 aliphatic rings. The summed E-state index contributed by atoms with van der Waals surface area (Å²) in [6.45, 7) is 7.19. The van der Waals surface area contributed by atoms with Crippen LogP contribution >= 0.6 is 0 Å². The molecule has 0 spiro atoms. The van der Waals surface area contributed by atoms with Gasteiger partial charge in [0.15, 0.2) is 0 Å². The number of benzene rings is 1. The first kappa shape index (κ1) is 18.7. The van der Waals surface area contributed by atoms with Crippen LogP contribution in [0.2, 0.25) is 0 Å². The number of aryl methyl sites for hydroxylation is 2. The molecule has 1 aromatic carbocycles. The van der Waals surface area contributed by atoms with Gasteiger partial charge < -0.3 is 0 Å². The average molecular weight is 389 g/mol. The third-order valence-electron chi connectivity index (χ3n) is 5.81. The Morgan fingerprint density at radius 1 is 1.11 bits per heavy atom. The van der Waals surface area contributed by atoms with Gasteiger partial charge in [-0.05, 0) is 56.4 Å². The molecular weight excluding hydrogens is 360 g/mol. The Balaban J connectivity index is 1.55. The Morgan fingerprint density at radius 2 is 1.93 bits per heavy atom. The molecule has 3 saturated heterocycles. The van der Waals surface area contributed by atoms with Crippen molar-refractivity contribution in [1.29, 1.82) is 0 Å². The monoisotopic (exact) mass is 388 g/mol. The van der Waals surface area contributed by atoms with Gasteiger partial charge in [0, 0.05) is 37.9 Å². The summed E-state index contributed by atoms with van der Waals surface area (Å²) in [5.74, 6) is 0.428. The molecule has 0 amide bonds. The fourth-order valence-corrected chi connectivity index (χ4v) is 5.44. The quantitative estimate of drug-likeness (QED) is 0.807. The molecule has 0 radical (unpaired) electrons. The molecule has 0 N–H and O–H groups in total. The van der Waals surface area contributed by atoms with E-state index in [1.54, 1.807) is 4.31 Å². The van der Waals surface area contributed by atoms with Crippen molar-refractivity contribution in [1.82, 2.24) is 19.0 Å². The van der Waals surface area contributed by atoms with Gasteiger partial charge in [0.25, 0.3) is 0 Å². The van der Waals surface area contributed by atoms with Gasteiger partial charge in [0.1, 0.15) is 0 Å². The molecule has 5 rings (SSSR count). The first-order chi connectivity index (χ1) is 12.8. The van der Waals surface area contributed by atoms with Crippen LogP contribution in [-0.4, -0.2) is 59.3 Å². The van der Waals surface area contributed by atoms with Crippen LogP contribution in [0.3, 0.4) is 0 Å². The molecule has 4 heterocycles. The standard InChI is InChI=1S/C20H28N4O2S/c1-15-9-16(2)24(21-15)19-6-4-5-17(10-19)11-22-12-18-7-8-20(22)14-23(13-18)27(3,25)26/h4-6,9-10,18,20H,7-8,11-14H2,1-3H3/t18-,20-/m1/s1. The van der Waals surface area contributed by atoms with Crippen LogP contribution in [0.4, 0.5) is 0 Å². The van der Waals surface area contributed by atoms with Crippen LogP contribution in [0.1, 0.15) is 29.8 Å². The van der Waals surface area contributed by atoms with E-state index >= 15 is 0 Å². The fraction of sp³-hybridized carbons (Fsp3) is 0.550. The predicted molar refractivity (Wildman–Crippen MR) is 106 cm³/mol. The van der Waals surface area contributed by atoms with Gasteiger partial charge in [0.05, 0.1) is 17.6 Å². The molecule has 1 aromatic heterocycles. The summed E-state index contributed by atoms with van der Waals surface area (Å²) in [7, 11) is -3.12. The lowest BCUT2D eigenvalue weighted by Gasteiger charge is -2.36. The normalized spacial score (nSPS) is 24.3. The Morgan fingerprint density at radius 3 is 2.63 bits per heavy atom. The lowest BCUT2D eigenvalue weighted by Crippen LogP contribution is -2.43. The van der Waals surface area contributed by atoms with Crippen LogP contribution in [0.5, 0.6) is 0 Å². The summed E-state index contributed by atoms with van der Waals surface area (Å²) < 4.78 is 27.8. The van der Waals surface area contributed by atoms with Crippen molar-refractivity contribution >= 4 is 10.0 Å². The number of nitrogens with zero attached hydrogens (tertiary/aromatic N) is 4. The minimum atomic E-state index is -3.12. The van der Waals surface area contributed by atoms with Gasteiger partial charge in [-0.3, -0.25) is 4.90 Å². The largest absolute Gasteiger partial charge is 0.294 e. The number of sulfonamides is 1. The van der Waals surface area contributed by atoms with Gasteiger partial charge in [-0.1, -0.05) is 12.1 Å². The second kappa shape index (κ2) is 7.04. The number of piperidine rings is 1. The SMILES string of the molecule is Cc1cc(C)n(-c2cccc(CN3C[C@H]4CC[C@@H]3CN(S(C)(=O)=O)C4)c2)n1. The Labute approximate surface area is 161 Å². The smallest absolute Gasteiger partial charge is 0.211 e. The summed E-state index contributed by atoms with van der Waals surface area (Å²) in [4.78, 5) is 2.47. The highest BCUT2D eigenvalue weighted by Gasteiger charge is 2.37. The Hall–Kier alpha value is -1.70. The minimum absolute atomic E-state index is 0.302. The molecule has 27 heavy (non-hydrogen) atoms. The maximum absolute atomic E-state index is 12.1. The molecule has 2 bridgehead atoms. The highest BCUT2D eigenvalue weighted by Crippen LogP contribution is 2.30. The first-order valence-electron chi connectivity index (χ1n) is 9.61. The topological polar surface area (TPSA) is 58.4 Å². The van der Waals surface area contributed by atoms with E-state index in [-0.39, 0.29) is 0 Å². The fourth-order valence-electron chi connectivity index (χ4n) is 4.51. The summed E-state index contributed by atoms with van der Waals surface area (Å²) >= 11 is 0. The van der Waals surface area contributed by atoms with Crippen LogP contribution < -0.4 is 0 Å². The van der Waals surface area contributed by atoms with Gasteiger partial charge in [-0.25, -0.2) is 17.4 Å². The number of fused-ring (bicyclic) bond motifs is 4. The van der Waals surface area contributed by atoms with E-state index in [4.69, 9.17) is 0 Å². The van der Waals surface area contributed by atoms with Crippen molar-refractivity contribution in [3.63, 3.8) is 0 Å². The van der Waals surface area contributed by atoms with Crippen molar-refractivity contribution in [3.8, 4) is 5.69 Å². The number of hydrogen-bond donors (Lipinski definition) is 0. The summed E-state index contributed by atoms with van der Waals surface area (Å²) in [5.41, 5.74) is 4.47. The third-order valence-corrected chi connectivity index (χ3v) is 7.05. The lowest BCUT2D eigenvalue weighted by atomic mass is 9.94. The van der Waals surface area contributed by atoms with E-state index < -0.39 is 10.0 Å². The predicted octanol–water partition coefficient (Wildman–Crippen LogP) is 2.34. The average Bonchev–Trinajstić information content (AvgIpc) is 2.77. The van der Waals surface area contributed by atoms with Crippen LogP contribution in [0, 0.1) is 19.8 Å². The van der Waals surface area contributed by atoms with Crippen LogP contribution in [0.25, 0.3) is 5.69 Å². The van der Waals surface area contributed by atoms with E-state index in [1.807, 2.05) is 11.6 Å². The molecule has 2 atom stereocenters. The highest BCUT2D eigenvalue weighted by atomic mass is 32.2. The van der Waals surface area contributed by atoms with Crippen molar-refractivity contribution in [2.75, 3.05) is 25.9 Å². The molecule has 2 aromatic rings. The molecule has 0 aliphatic carbocycles.